The molecule has 106 valence electrons. The lowest BCUT2D eigenvalue weighted by molar-refractivity contribution is 0.223. The number of nitrogens with one attached hydrogen (secondary N) is 1. The van der Waals surface area contributed by atoms with Gasteiger partial charge in [0.25, 0.3) is 0 Å². The molecule has 0 bridgehead atoms. The summed E-state index contributed by atoms with van der Waals surface area (Å²) in [5, 5.41) is 3.68. The van der Waals surface area contributed by atoms with Gasteiger partial charge in [-0.05, 0) is 49.3 Å². The first-order chi connectivity index (χ1) is 9.06. The first-order valence-corrected chi connectivity index (χ1v) is 7.57. The average molecular weight is 263 g/mol. The fourth-order valence-corrected chi connectivity index (χ4v) is 3.21. The maximum absolute atomic E-state index is 13.2. The third-order valence-electron chi connectivity index (χ3n) is 4.49. The molecule has 0 saturated heterocycles. The van der Waals surface area contributed by atoms with Crippen molar-refractivity contribution in [2.75, 3.05) is 0 Å². The van der Waals surface area contributed by atoms with Gasteiger partial charge in [-0.1, -0.05) is 38.8 Å². The zero-order valence-electron chi connectivity index (χ0n) is 12.3. The maximum atomic E-state index is 13.2. The van der Waals surface area contributed by atoms with Gasteiger partial charge in [-0.3, -0.25) is 0 Å². The van der Waals surface area contributed by atoms with Crippen LogP contribution in [0.3, 0.4) is 0 Å². The lowest BCUT2D eigenvalue weighted by Gasteiger charge is -2.34. The highest BCUT2D eigenvalue weighted by molar-refractivity contribution is 5.19. The zero-order valence-corrected chi connectivity index (χ0v) is 12.3. The predicted octanol–water partition coefficient (Wildman–Crippen LogP) is 4.69. The van der Waals surface area contributed by atoms with Crippen molar-refractivity contribution in [3.63, 3.8) is 0 Å². The van der Waals surface area contributed by atoms with Crippen LogP contribution in [0.25, 0.3) is 0 Å². The largest absolute Gasteiger partial charge is 0.307 e. The first kappa shape index (κ1) is 14.5. The van der Waals surface area contributed by atoms with Crippen LogP contribution in [0.4, 0.5) is 4.39 Å². The molecule has 1 nitrogen and oxygen atoms in total. The number of halogens is 1. The van der Waals surface area contributed by atoms with Gasteiger partial charge >= 0.3 is 0 Å². The molecule has 1 N–H and O–H groups in total. The summed E-state index contributed by atoms with van der Waals surface area (Å²) in [5.41, 5.74) is 1.05. The Balaban J connectivity index is 1.93. The van der Waals surface area contributed by atoms with Crippen LogP contribution >= 0.6 is 0 Å². The molecule has 0 aliphatic heterocycles. The molecule has 19 heavy (non-hydrogen) atoms. The summed E-state index contributed by atoms with van der Waals surface area (Å²) >= 11 is 0. The predicted molar refractivity (Wildman–Crippen MR) is 78.5 cm³/mol. The molecule has 1 aliphatic rings. The van der Waals surface area contributed by atoms with Crippen molar-refractivity contribution in [2.45, 2.75) is 58.5 Å². The maximum Gasteiger partial charge on any atom is 0.123 e. The quantitative estimate of drug-likeness (QED) is 0.831. The van der Waals surface area contributed by atoms with Gasteiger partial charge in [0.15, 0.2) is 0 Å². The number of benzene rings is 1. The van der Waals surface area contributed by atoms with Crippen LogP contribution in [0, 0.1) is 17.7 Å². The summed E-state index contributed by atoms with van der Waals surface area (Å²) in [7, 11) is 0. The average Bonchev–Trinajstić information content (AvgIpc) is 2.39. The van der Waals surface area contributed by atoms with Gasteiger partial charge in [0.1, 0.15) is 5.82 Å². The molecule has 3 atom stereocenters. The first-order valence-electron chi connectivity index (χ1n) is 7.57. The molecule has 1 saturated carbocycles. The number of rotatable bonds is 4. The fourth-order valence-electron chi connectivity index (χ4n) is 3.21. The van der Waals surface area contributed by atoms with Gasteiger partial charge in [-0.25, -0.2) is 4.39 Å². The Kier molecular flexibility index (Phi) is 4.98. The molecule has 1 aliphatic carbocycles. The standard InChI is InChI=1S/C17H26FN/c1-12(2)14-6-5-9-17(11-14)19-13(3)15-7-4-8-16(18)10-15/h4,7-8,10,12-14,17,19H,5-6,9,11H2,1-3H3. The minimum atomic E-state index is -0.144. The Labute approximate surface area is 116 Å². The van der Waals surface area contributed by atoms with Gasteiger partial charge in [0.2, 0.25) is 0 Å². The van der Waals surface area contributed by atoms with E-state index in [9.17, 15) is 4.39 Å². The van der Waals surface area contributed by atoms with Crippen molar-refractivity contribution in [1.29, 1.82) is 0 Å². The SMILES string of the molecule is CC(NC1CCCC(C(C)C)C1)c1cccc(F)c1. The summed E-state index contributed by atoms with van der Waals surface area (Å²) in [6, 6.07) is 7.75. The smallest absolute Gasteiger partial charge is 0.123 e. The Bertz CT molecular complexity index is 402. The van der Waals surface area contributed by atoms with E-state index >= 15 is 0 Å². The second kappa shape index (κ2) is 6.51. The molecule has 1 aromatic carbocycles. The normalized spacial score (nSPS) is 25.5. The van der Waals surface area contributed by atoms with E-state index in [1.54, 1.807) is 12.1 Å². The molecule has 2 rings (SSSR count). The van der Waals surface area contributed by atoms with Crippen molar-refractivity contribution in [3.8, 4) is 0 Å². The molecule has 3 unspecified atom stereocenters. The molecule has 1 fully saturated rings. The van der Waals surface area contributed by atoms with E-state index in [1.807, 2.05) is 6.07 Å². The van der Waals surface area contributed by atoms with Gasteiger partial charge in [-0.2, -0.15) is 0 Å². The van der Waals surface area contributed by atoms with Crippen LogP contribution in [0.5, 0.6) is 0 Å². The molecule has 0 radical (unpaired) electrons. The van der Waals surface area contributed by atoms with Crippen molar-refractivity contribution in [3.05, 3.63) is 35.6 Å². The number of hydrogen-bond donors (Lipinski definition) is 1. The van der Waals surface area contributed by atoms with Crippen LogP contribution in [-0.2, 0) is 0 Å². The Hall–Kier alpha value is -0.890. The summed E-state index contributed by atoms with van der Waals surface area (Å²) in [5.74, 6) is 1.47. The molecular weight excluding hydrogens is 237 g/mol. The van der Waals surface area contributed by atoms with Crippen LogP contribution in [-0.4, -0.2) is 6.04 Å². The van der Waals surface area contributed by atoms with Gasteiger partial charge in [0.05, 0.1) is 0 Å². The van der Waals surface area contributed by atoms with Gasteiger partial charge in [-0.15, -0.1) is 0 Å². The highest BCUT2D eigenvalue weighted by atomic mass is 19.1. The monoisotopic (exact) mass is 263 g/mol. The van der Waals surface area contributed by atoms with Gasteiger partial charge in [0, 0.05) is 12.1 Å². The lowest BCUT2D eigenvalue weighted by atomic mass is 9.79. The van der Waals surface area contributed by atoms with E-state index in [0.29, 0.717) is 6.04 Å². The van der Waals surface area contributed by atoms with Crippen molar-refractivity contribution >= 4 is 0 Å². The van der Waals surface area contributed by atoms with E-state index in [2.05, 4.69) is 26.1 Å². The van der Waals surface area contributed by atoms with Crippen LogP contribution in [0.15, 0.2) is 24.3 Å². The topological polar surface area (TPSA) is 12.0 Å². The van der Waals surface area contributed by atoms with E-state index < -0.39 is 0 Å². The van der Waals surface area contributed by atoms with Gasteiger partial charge < -0.3 is 5.32 Å². The molecule has 0 spiro atoms. The van der Waals surface area contributed by atoms with E-state index in [4.69, 9.17) is 0 Å². The fraction of sp³-hybridized carbons (Fsp3) is 0.647. The summed E-state index contributed by atoms with van der Waals surface area (Å²) in [6.45, 7) is 6.78. The molecule has 0 aromatic heterocycles. The second-order valence-electron chi connectivity index (χ2n) is 6.31. The van der Waals surface area contributed by atoms with Crippen molar-refractivity contribution < 1.29 is 4.39 Å². The Morgan fingerprint density at radius 1 is 1.21 bits per heavy atom. The molecule has 0 amide bonds. The van der Waals surface area contributed by atoms with Crippen LogP contribution in [0.2, 0.25) is 0 Å². The Morgan fingerprint density at radius 2 is 2.00 bits per heavy atom. The number of hydrogen-bond acceptors (Lipinski definition) is 1. The highest BCUT2D eigenvalue weighted by Crippen LogP contribution is 2.31. The second-order valence-corrected chi connectivity index (χ2v) is 6.31. The van der Waals surface area contributed by atoms with Crippen LogP contribution in [0.1, 0.15) is 58.1 Å². The van der Waals surface area contributed by atoms with E-state index in [1.165, 1.54) is 31.7 Å². The Morgan fingerprint density at radius 3 is 2.68 bits per heavy atom. The highest BCUT2D eigenvalue weighted by Gasteiger charge is 2.25. The molecule has 1 aromatic rings. The summed E-state index contributed by atoms with van der Waals surface area (Å²) in [6.07, 6.45) is 5.20. The third-order valence-corrected chi connectivity index (χ3v) is 4.49. The van der Waals surface area contributed by atoms with Crippen molar-refractivity contribution in [2.24, 2.45) is 11.8 Å². The minimum absolute atomic E-state index is 0.144. The molecule has 0 heterocycles. The summed E-state index contributed by atoms with van der Waals surface area (Å²) < 4.78 is 13.2. The molecular formula is C17H26FN. The third kappa shape index (κ3) is 4.04. The van der Waals surface area contributed by atoms with Crippen LogP contribution < -0.4 is 5.32 Å². The van der Waals surface area contributed by atoms with E-state index in [-0.39, 0.29) is 11.9 Å². The van der Waals surface area contributed by atoms with Crippen molar-refractivity contribution in [1.82, 2.24) is 5.32 Å². The zero-order chi connectivity index (χ0) is 13.8. The minimum Gasteiger partial charge on any atom is -0.307 e. The van der Waals surface area contributed by atoms with E-state index in [0.717, 1.165) is 17.4 Å². The summed E-state index contributed by atoms with van der Waals surface area (Å²) in [4.78, 5) is 0. The lowest BCUT2D eigenvalue weighted by Crippen LogP contribution is -2.37. The molecule has 2 heteroatoms.